The van der Waals surface area contributed by atoms with Crippen LogP contribution in [0.15, 0.2) is 0 Å². The SMILES string of the molecule is CCOC(=O)CCCC(CC(=O)OCC)(P(=O)(OCC)OCC)P(=O)(OCC)OCC. The highest BCUT2D eigenvalue weighted by atomic mass is 31.2. The van der Waals surface area contributed by atoms with Crippen molar-refractivity contribution in [1.82, 2.24) is 0 Å². The molecule has 0 rings (SSSR count). The molecule has 0 heterocycles. The summed E-state index contributed by atoms with van der Waals surface area (Å²) in [7, 11) is -8.52. The molecule has 0 saturated heterocycles. The molecule has 0 aromatic heterocycles. The maximum absolute atomic E-state index is 14.1. The normalized spacial score (nSPS) is 12.6. The van der Waals surface area contributed by atoms with Crippen LogP contribution in [0.1, 0.15) is 67.2 Å². The maximum Gasteiger partial charge on any atom is 0.349 e. The van der Waals surface area contributed by atoms with Crippen molar-refractivity contribution in [1.29, 1.82) is 0 Å². The number of rotatable bonds is 18. The zero-order valence-corrected chi connectivity index (χ0v) is 21.3. The third-order valence-corrected chi connectivity index (χ3v) is 10.9. The van der Waals surface area contributed by atoms with Crippen LogP contribution in [-0.4, -0.2) is 56.5 Å². The third-order valence-electron chi connectivity index (χ3n) is 4.21. The molecular weight excluding hydrogens is 450 g/mol. The predicted molar refractivity (Wildman–Crippen MR) is 116 cm³/mol. The Morgan fingerprint density at radius 3 is 1.39 bits per heavy atom. The van der Waals surface area contributed by atoms with Crippen molar-refractivity contribution in [3.8, 4) is 0 Å². The molecule has 0 atom stereocenters. The fraction of sp³-hybridized carbons (Fsp3) is 0.895. The van der Waals surface area contributed by atoms with E-state index in [4.69, 9.17) is 27.6 Å². The minimum absolute atomic E-state index is 0.0298. The van der Waals surface area contributed by atoms with Gasteiger partial charge in [-0.05, 0) is 54.4 Å². The second-order valence-electron chi connectivity index (χ2n) is 6.29. The highest BCUT2D eigenvalue weighted by molar-refractivity contribution is 7.74. The lowest BCUT2D eigenvalue weighted by atomic mass is 10.1. The van der Waals surface area contributed by atoms with E-state index in [0.29, 0.717) is 0 Å². The first-order valence-electron chi connectivity index (χ1n) is 10.7. The van der Waals surface area contributed by atoms with Crippen molar-refractivity contribution in [3.05, 3.63) is 0 Å². The van der Waals surface area contributed by atoms with E-state index in [-0.39, 0.29) is 58.9 Å². The molecule has 0 saturated carbocycles. The Balaban J connectivity index is 6.62. The highest BCUT2D eigenvalue weighted by Gasteiger charge is 2.65. The first kappa shape index (κ1) is 30.2. The maximum atomic E-state index is 14.1. The van der Waals surface area contributed by atoms with Gasteiger partial charge in [-0.25, -0.2) is 0 Å². The van der Waals surface area contributed by atoms with Gasteiger partial charge >= 0.3 is 27.1 Å². The van der Waals surface area contributed by atoms with Gasteiger partial charge in [-0.1, -0.05) is 0 Å². The lowest BCUT2D eigenvalue weighted by Gasteiger charge is -2.41. The summed E-state index contributed by atoms with van der Waals surface area (Å²) in [6.45, 7) is 9.87. The van der Waals surface area contributed by atoms with Gasteiger partial charge in [0.2, 0.25) is 0 Å². The standard InChI is InChI=1S/C19H38O10P2/c1-7-24-17(20)14-13-15-19(16-18(21)25-8-2,30(22,26-9-3)27-10-4)31(23,28-11-5)29-12-6/h7-16H2,1-6H3. The number of carbonyl (C=O) groups excluding carboxylic acids is 2. The Labute approximate surface area is 185 Å². The molecule has 12 heteroatoms. The van der Waals surface area contributed by atoms with Crippen LogP contribution in [0, 0.1) is 0 Å². The van der Waals surface area contributed by atoms with E-state index in [1.165, 1.54) is 0 Å². The van der Waals surface area contributed by atoms with Crippen LogP contribution in [0.3, 0.4) is 0 Å². The summed E-state index contributed by atoms with van der Waals surface area (Å²) in [5.41, 5.74) is 0. The molecule has 0 aromatic rings. The van der Waals surface area contributed by atoms with E-state index in [2.05, 4.69) is 0 Å². The summed E-state index contributed by atoms with van der Waals surface area (Å²) in [5, 5.41) is 0. The van der Waals surface area contributed by atoms with Crippen molar-refractivity contribution in [2.75, 3.05) is 39.6 Å². The van der Waals surface area contributed by atoms with E-state index < -0.39 is 38.4 Å². The van der Waals surface area contributed by atoms with E-state index in [1.54, 1.807) is 41.5 Å². The van der Waals surface area contributed by atoms with Gasteiger partial charge in [-0.2, -0.15) is 0 Å². The van der Waals surface area contributed by atoms with E-state index in [1.807, 2.05) is 0 Å². The summed E-state index contributed by atoms with van der Waals surface area (Å²) >= 11 is 0. The largest absolute Gasteiger partial charge is 0.466 e. The summed E-state index contributed by atoms with van der Waals surface area (Å²) in [5.74, 6) is -1.23. The first-order valence-corrected chi connectivity index (χ1v) is 13.8. The van der Waals surface area contributed by atoms with Crippen molar-refractivity contribution in [3.63, 3.8) is 0 Å². The Hall–Kier alpha value is -0.760. The van der Waals surface area contributed by atoms with Crippen molar-refractivity contribution >= 4 is 27.1 Å². The lowest BCUT2D eigenvalue weighted by molar-refractivity contribution is -0.143. The summed E-state index contributed by atoms with van der Waals surface area (Å²) < 4.78 is 60.3. The Bertz CT molecular complexity index is 587. The second-order valence-corrected chi connectivity index (χ2v) is 11.4. The monoisotopic (exact) mass is 488 g/mol. The molecule has 0 aliphatic heterocycles. The van der Waals surface area contributed by atoms with Crippen LogP contribution in [0.2, 0.25) is 0 Å². The number of carbonyl (C=O) groups is 2. The zero-order chi connectivity index (χ0) is 24.0. The highest BCUT2D eigenvalue weighted by Crippen LogP contribution is 2.80. The molecule has 10 nitrogen and oxygen atoms in total. The topological polar surface area (TPSA) is 124 Å². The Morgan fingerprint density at radius 2 is 1.03 bits per heavy atom. The molecule has 184 valence electrons. The second kappa shape index (κ2) is 15.1. The molecule has 0 radical (unpaired) electrons. The average molecular weight is 488 g/mol. The molecule has 0 N–H and O–H groups in total. The van der Waals surface area contributed by atoms with Crippen molar-refractivity contribution < 1.29 is 46.3 Å². The molecule has 0 aliphatic rings. The van der Waals surface area contributed by atoms with Gasteiger partial charge in [0.1, 0.15) is 0 Å². The quantitative estimate of drug-likeness (QED) is 0.194. The molecule has 0 aromatic carbocycles. The predicted octanol–water partition coefficient (Wildman–Crippen LogP) is 4.90. The summed E-state index contributed by atoms with van der Waals surface area (Å²) in [6.07, 6.45) is -0.709. The fourth-order valence-corrected chi connectivity index (χ4v) is 9.01. The number of esters is 2. The van der Waals surface area contributed by atoms with Crippen LogP contribution >= 0.6 is 15.2 Å². The van der Waals surface area contributed by atoms with Crippen LogP contribution in [0.25, 0.3) is 0 Å². The van der Waals surface area contributed by atoms with Gasteiger partial charge in [0.05, 0.1) is 46.1 Å². The molecule has 0 spiro atoms. The van der Waals surface area contributed by atoms with E-state index in [0.717, 1.165) is 0 Å². The smallest absolute Gasteiger partial charge is 0.349 e. The molecule has 31 heavy (non-hydrogen) atoms. The molecule has 0 amide bonds. The van der Waals surface area contributed by atoms with Gasteiger partial charge in [0.15, 0.2) is 4.90 Å². The Morgan fingerprint density at radius 1 is 0.645 bits per heavy atom. The van der Waals surface area contributed by atoms with Gasteiger partial charge in [-0.15, -0.1) is 0 Å². The summed E-state index contributed by atoms with van der Waals surface area (Å²) in [6, 6.07) is 0. The fourth-order valence-electron chi connectivity index (χ4n) is 3.13. The number of hydrogen-bond donors (Lipinski definition) is 0. The van der Waals surface area contributed by atoms with E-state index >= 15 is 0 Å². The van der Waals surface area contributed by atoms with Crippen molar-refractivity contribution in [2.45, 2.75) is 72.1 Å². The molecular formula is C19H38O10P2. The minimum Gasteiger partial charge on any atom is -0.466 e. The lowest BCUT2D eigenvalue weighted by Crippen LogP contribution is -2.36. The summed E-state index contributed by atoms with van der Waals surface area (Å²) in [4.78, 5) is 22.5. The van der Waals surface area contributed by atoms with Crippen LogP contribution < -0.4 is 0 Å². The molecule has 0 unspecified atom stereocenters. The number of hydrogen-bond acceptors (Lipinski definition) is 10. The minimum atomic E-state index is -4.26. The van der Waals surface area contributed by atoms with Crippen LogP contribution in [-0.2, 0) is 46.3 Å². The van der Waals surface area contributed by atoms with Crippen LogP contribution in [0.4, 0.5) is 0 Å². The molecule has 0 bridgehead atoms. The zero-order valence-electron chi connectivity index (χ0n) is 19.5. The average Bonchev–Trinajstić information content (AvgIpc) is 2.68. The van der Waals surface area contributed by atoms with Gasteiger partial charge in [-0.3, -0.25) is 18.7 Å². The van der Waals surface area contributed by atoms with Gasteiger partial charge < -0.3 is 27.6 Å². The third kappa shape index (κ3) is 8.26. The number of ether oxygens (including phenoxy) is 2. The first-order chi connectivity index (χ1) is 14.7. The van der Waals surface area contributed by atoms with Gasteiger partial charge in [0.25, 0.3) is 0 Å². The van der Waals surface area contributed by atoms with Crippen LogP contribution in [0.5, 0.6) is 0 Å². The van der Waals surface area contributed by atoms with Crippen molar-refractivity contribution in [2.24, 2.45) is 0 Å². The van der Waals surface area contributed by atoms with Gasteiger partial charge in [0, 0.05) is 6.42 Å². The van der Waals surface area contributed by atoms with E-state index in [9.17, 15) is 18.7 Å². The molecule has 0 aliphatic carbocycles. The Kier molecular flexibility index (Phi) is 14.8. The molecule has 0 fully saturated rings.